The largest absolute Gasteiger partial charge is 0.369 e. The van der Waals surface area contributed by atoms with Gasteiger partial charge < -0.3 is 10.5 Å². The third-order valence-corrected chi connectivity index (χ3v) is 2.43. The van der Waals surface area contributed by atoms with Crippen molar-refractivity contribution in [3.05, 3.63) is 0 Å². The Balaban J connectivity index is 2.51. The van der Waals surface area contributed by atoms with Crippen molar-refractivity contribution in [2.45, 2.75) is 45.1 Å². The van der Waals surface area contributed by atoms with Crippen LogP contribution in [0.1, 0.15) is 32.6 Å². The van der Waals surface area contributed by atoms with Crippen LogP contribution in [0.5, 0.6) is 0 Å². The molecule has 0 aromatic rings. The molecule has 4 heteroatoms. The van der Waals surface area contributed by atoms with Gasteiger partial charge in [0.05, 0.1) is 12.0 Å². The summed E-state index contributed by atoms with van der Waals surface area (Å²) in [6.45, 7) is 1.33. The van der Waals surface area contributed by atoms with Gasteiger partial charge in [-0.25, -0.2) is 4.39 Å². The molecule has 1 aliphatic rings. The molecule has 0 aromatic heterocycles. The minimum Gasteiger partial charge on any atom is -0.369 e. The normalized spacial score (nSPS) is 31.2. The molecule has 1 fully saturated rings. The molecule has 1 saturated carbocycles. The lowest BCUT2D eigenvalue weighted by Gasteiger charge is -2.29. The van der Waals surface area contributed by atoms with E-state index in [0.29, 0.717) is 0 Å². The molecule has 76 valence electrons. The zero-order valence-electron chi connectivity index (χ0n) is 7.83. The van der Waals surface area contributed by atoms with Gasteiger partial charge in [-0.15, -0.1) is 0 Å². The molecule has 0 bridgehead atoms. The molecule has 3 nitrogen and oxygen atoms in total. The highest BCUT2D eigenvalue weighted by atomic mass is 19.1. The van der Waals surface area contributed by atoms with E-state index in [4.69, 9.17) is 10.5 Å². The Kier molecular flexibility index (Phi) is 3.66. The molecule has 1 aliphatic carbocycles. The smallest absolute Gasteiger partial charge is 0.223 e. The van der Waals surface area contributed by atoms with E-state index in [2.05, 4.69) is 0 Å². The summed E-state index contributed by atoms with van der Waals surface area (Å²) in [6.07, 6.45) is 1.81. The number of primary amides is 1. The molecule has 1 rings (SSSR count). The molecule has 1 amide bonds. The molecule has 0 radical (unpaired) electrons. The summed E-state index contributed by atoms with van der Waals surface area (Å²) in [6, 6.07) is 0. The number of hydrogen-bond donors (Lipinski definition) is 1. The first-order valence-corrected chi connectivity index (χ1v) is 4.70. The van der Waals surface area contributed by atoms with Gasteiger partial charge >= 0.3 is 0 Å². The van der Waals surface area contributed by atoms with Crippen molar-refractivity contribution >= 4 is 5.91 Å². The summed E-state index contributed by atoms with van der Waals surface area (Å²) in [7, 11) is 0. The van der Waals surface area contributed by atoms with Crippen LogP contribution < -0.4 is 5.73 Å². The first-order valence-electron chi connectivity index (χ1n) is 4.70. The van der Waals surface area contributed by atoms with Crippen molar-refractivity contribution in [1.82, 2.24) is 0 Å². The van der Waals surface area contributed by atoms with Crippen LogP contribution in [0.3, 0.4) is 0 Å². The molecule has 13 heavy (non-hydrogen) atoms. The molecule has 3 atom stereocenters. The van der Waals surface area contributed by atoms with Crippen LogP contribution in [0.25, 0.3) is 0 Å². The zero-order chi connectivity index (χ0) is 9.84. The molecule has 0 saturated heterocycles. The van der Waals surface area contributed by atoms with Gasteiger partial charge in [-0.05, 0) is 19.8 Å². The number of alkyl halides is 1. The average molecular weight is 189 g/mol. The molecular formula is C9H16FNO2. The van der Waals surface area contributed by atoms with E-state index in [-0.39, 0.29) is 17.9 Å². The van der Waals surface area contributed by atoms with E-state index in [0.717, 1.165) is 25.7 Å². The van der Waals surface area contributed by atoms with Gasteiger partial charge in [0.15, 0.2) is 6.36 Å². The number of rotatable bonds is 3. The Morgan fingerprint density at radius 3 is 2.69 bits per heavy atom. The van der Waals surface area contributed by atoms with Gasteiger partial charge in [0.1, 0.15) is 0 Å². The monoisotopic (exact) mass is 189 g/mol. The number of amides is 1. The molecule has 2 unspecified atom stereocenters. The van der Waals surface area contributed by atoms with Crippen LogP contribution in [0.2, 0.25) is 0 Å². The molecule has 0 spiro atoms. The Morgan fingerprint density at radius 1 is 1.54 bits per heavy atom. The van der Waals surface area contributed by atoms with Crippen molar-refractivity contribution in [1.29, 1.82) is 0 Å². The summed E-state index contributed by atoms with van der Waals surface area (Å²) in [4.78, 5) is 11.0. The van der Waals surface area contributed by atoms with Crippen LogP contribution in [-0.4, -0.2) is 18.4 Å². The summed E-state index contributed by atoms with van der Waals surface area (Å²) in [5, 5.41) is 0. The maximum Gasteiger partial charge on any atom is 0.223 e. The fourth-order valence-electron chi connectivity index (χ4n) is 1.83. The molecule has 2 N–H and O–H groups in total. The maximum atomic E-state index is 12.5. The third kappa shape index (κ3) is 2.95. The number of halogens is 1. The summed E-state index contributed by atoms with van der Waals surface area (Å²) in [5.41, 5.74) is 5.19. The van der Waals surface area contributed by atoms with E-state index in [9.17, 15) is 9.18 Å². The fourth-order valence-corrected chi connectivity index (χ4v) is 1.83. The highest BCUT2D eigenvalue weighted by Crippen LogP contribution is 2.27. The van der Waals surface area contributed by atoms with E-state index < -0.39 is 6.36 Å². The predicted molar refractivity (Wildman–Crippen MR) is 46.6 cm³/mol. The quantitative estimate of drug-likeness (QED) is 0.728. The second-order valence-electron chi connectivity index (χ2n) is 3.51. The SMILES string of the molecule is CC(F)OC1CCCC[C@H]1C(N)=O. The van der Waals surface area contributed by atoms with Crippen LogP contribution >= 0.6 is 0 Å². The van der Waals surface area contributed by atoms with Gasteiger partial charge in [0.2, 0.25) is 5.91 Å². The van der Waals surface area contributed by atoms with E-state index in [1.54, 1.807) is 0 Å². The van der Waals surface area contributed by atoms with Crippen molar-refractivity contribution in [3.8, 4) is 0 Å². The number of carbonyl (C=O) groups is 1. The molecule has 0 aliphatic heterocycles. The van der Waals surface area contributed by atoms with Gasteiger partial charge in [-0.3, -0.25) is 4.79 Å². The minimum absolute atomic E-state index is 0.299. The van der Waals surface area contributed by atoms with Gasteiger partial charge in [0.25, 0.3) is 0 Å². The van der Waals surface area contributed by atoms with E-state index in [1.165, 1.54) is 6.92 Å². The second-order valence-corrected chi connectivity index (χ2v) is 3.51. The first-order chi connectivity index (χ1) is 6.11. The lowest BCUT2D eigenvalue weighted by atomic mass is 9.86. The number of hydrogen-bond acceptors (Lipinski definition) is 2. The fraction of sp³-hybridized carbons (Fsp3) is 0.889. The highest BCUT2D eigenvalue weighted by molar-refractivity contribution is 5.77. The van der Waals surface area contributed by atoms with Crippen LogP contribution in [0.15, 0.2) is 0 Å². The summed E-state index contributed by atoms with van der Waals surface area (Å²) < 4.78 is 17.5. The third-order valence-electron chi connectivity index (χ3n) is 2.43. The summed E-state index contributed by atoms with van der Waals surface area (Å²) in [5.74, 6) is -0.669. The minimum atomic E-state index is -1.31. The topological polar surface area (TPSA) is 52.3 Å². The van der Waals surface area contributed by atoms with Gasteiger partial charge in [-0.2, -0.15) is 0 Å². The zero-order valence-corrected chi connectivity index (χ0v) is 7.83. The van der Waals surface area contributed by atoms with Crippen molar-refractivity contribution in [3.63, 3.8) is 0 Å². The predicted octanol–water partition coefficient (Wildman–Crippen LogP) is 1.36. The standard InChI is InChI=1S/C9H16FNO2/c1-6(10)13-8-5-3-2-4-7(8)9(11)12/h6-8H,2-5H2,1H3,(H2,11,12)/t6?,7-,8?/m1/s1. The van der Waals surface area contributed by atoms with Crippen LogP contribution in [0, 0.1) is 5.92 Å². The Hall–Kier alpha value is -0.640. The molecular weight excluding hydrogens is 173 g/mol. The van der Waals surface area contributed by atoms with Crippen molar-refractivity contribution in [2.75, 3.05) is 0 Å². The second kappa shape index (κ2) is 4.56. The lowest BCUT2D eigenvalue weighted by molar-refractivity contribution is -0.140. The Bertz CT molecular complexity index is 184. The van der Waals surface area contributed by atoms with Crippen LogP contribution in [0.4, 0.5) is 4.39 Å². The molecule has 0 aromatic carbocycles. The van der Waals surface area contributed by atoms with E-state index in [1.807, 2.05) is 0 Å². The average Bonchev–Trinajstić information content (AvgIpc) is 2.03. The molecule has 0 heterocycles. The Labute approximate surface area is 77.4 Å². The number of nitrogens with two attached hydrogens (primary N) is 1. The highest BCUT2D eigenvalue weighted by Gasteiger charge is 2.31. The first kappa shape index (κ1) is 10.4. The lowest BCUT2D eigenvalue weighted by Crippen LogP contribution is -2.38. The van der Waals surface area contributed by atoms with E-state index >= 15 is 0 Å². The summed E-state index contributed by atoms with van der Waals surface area (Å²) >= 11 is 0. The number of ether oxygens (including phenoxy) is 1. The van der Waals surface area contributed by atoms with Crippen molar-refractivity contribution in [2.24, 2.45) is 11.7 Å². The number of carbonyl (C=O) groups excluding carboxylic acids is 1. The Morgan fingerprint density at radius 2 is 2.15 bits per heavy atom. The maximum absolute atomic E-state index is 12.5. The van der Waals surface area contributed by atoms with Crippen LogP contribution in [-0.2, 0) is 9.53 Å². The van der Waals surface area contributed by atoms with Gasteiger partial charge in [0, 0.05) is 0 Å². The van der Waals surface area contributed by atoms with Gasteiger partial charge in [-0.1, -0.05) is 12.8 Å². The van der Waals surface area contributed by atoms with Crippen molar-refractivity contribution < 1.29 is 13.9 Å².